The average Bonchev–Trinajstić information content (AvgIpc) is 3.24. The average molecular weight is 571 g/mol. The molecule has 0 radical (unpaired) electrons. The van der Waals surface area contributed by atoms with Crippen molar-refractivity contribution < 1.29 is 28.7 Å². The summed E-state index contributed by atoms with van der Waals surface area (Å²) in [5, 5.41) is 8.34. The number of imide groups is 2. The van der Waals surface area contributed by atoms with Crippen molar-refractivity contribution in [2.24, 2.45) is 0 Å². The lowest BCUT2D eigenvalue weighted by Gasteiger charge is -2.23. The molecule has 5 amide bonds. The van der Waals surface area contributed by atoms with Gasteiger partial charge in [-0.05, 0) is 52.9 Å². The molecule has 10 heteroatoms. The molecule has 1 unspecified atom stereocenters. The van der Waals surface area contributed by atoms with Crippen LogP contribution in [0.1, 0.15) is 62.7 Å². The van der Waals surface area contributed by atoms with Gasteiger partial charge in [0.1, 0.15) is 11.8 Å². The highest BCUT2D eigenvalue weighted by molar-refractivity contribution is 6.23. The number of ether oxygens (including phenoxy) is 1. The molecule has 0 bridgehead atoms. The quantitative estimate of drug-likeness (QED) is 0.200. The predicted molar refractivity (Wildman–Crippen MR) is 155 cm³/mol. The predicted octanol–water partition coefficient (Wildman–Crippen LogP) is 2.88. The summed E-state index contributed by atoms with van der Waals surface area (Å²) >= 11 is 0. The lowest BCUT2D eigenvalue weighted by atomic mass is 10.1. The van der Waals surface area contributed by atoms with Gasteiger partial charge in [0.25, 0.3) is 11.8 Å². The molecule has 0 aromatic heterocycles. The molecule has 3 aromatic carbocycles. The van der Waals surface area contributed by atoms with E-state index in [2.05, 4.69) is 16.0 Å². The molecular weight excluding hydrogens is 536 g/mol. The van der Waals surface area contributed by atoms with Crippen LogP contribution in [0.3, 0.4) is 0 Å². The minimum atomic E-state index is -1.04. The number of nitrogens with one attached hydrogen (secondary N) is 3. The Bertz CT molecular complexity index is 1470. The molecule has 1 aliphatic rings. The van der Waals surface area contributed by atoms with Gasteiger partial charge in [-0.15, -0.1) is 0 Å². The number of amides is 5. The summed E-state index contributed by atoms with van der Waals surface area (Å²) in [5.74, 6) is -1.11. The first-order valence-electron chi connectivity index (χ1n) is 13.8. The Morgan fingerprint density at radius 3 is 2.21 bits per heavy atom. The van der Waals surface area contributed by atoms with E-state index in [0.717, 1.165) is 27.2 Å². The first-order valence-corrected chi connectivity index (χ1v) is 13.8. The Hall–Kier alpha value is -4.83. The number of benzene rings is 3. The van der Waals surface area contributed by atoms with E-state index >= 15 is 0 Å². The molecule has 4 rings (SSSR count). The highest BCUT2D eigenvalue weighted by atomic mass is 16.5. The number of fused-ring (bicyclic) bond motifs is 1. The summed E-state index contributed by atoms with van der Waals surface area (Å²) in [6.07, 6.45) is 1.34. The monoisotopic (exact) mass is 570 g/mol. The summed E-state index contributed by atoms with van der Waals surface area (Å²) in [6.45, 7) is 3.29. The molecule has 1 heterocycles. The highest BCUT2D eigenvalue weighted by Crippen LogP contribution is 2.27. The van der Waals surface area contributed by atoms with Crippen LogP contribution in [0.5, 0.6) is 5.75 Å². The number of hydrogen-bond donors (Lipinski definition) is 3. The maximum Gasteiger partial charge on any atom is 0.262 e. The fraction of sp³-hybridized carbons (Fsp3) is 0.281. The zero-order chi connectivity index (χ0) is 30.1. The third-order valence-electron chi connectivity index (χ3n) is 7.03. The fourth-order valence-electron chi connectivity index (χ4n) is 4.86. The summed E-state index contributed by atoms with van der Waals surface area (Å²) in [5.41, 5.74) is 4.21. The van der Waals surface area contributed by atoms with Crippen molar-refractivity contribution in [2.75, 3.05) is 7.11 Å². The van der Waals surface area contributed by atoms with Crippen molar-refractivity contribution in [3.63, 3.8) is 0 Å². The van der Waals surface area contributed by atoms with Crippen LogP contribution in [0.4, 0.5) is 0 Å². The van der Waals surface area contributed by atoms with Crippen LogP contribution in [-0.2, 0) is 40.4 Å². The third-order valence-corrected chi connectivity index (χ3v) is 7.03. The van der Waals surface area contributed by atoms with Gasteiger partial charge in [-0.2, -0.15) is 0 Å². The van der Waals surface area contributed by atoms with E-state index in [1.165, 1.54) is 0 Å². The van der Waals surface area contributed by atoms with Gasteiger partial charge < -0.3 is 15.4 Å². The topological polar surface area (TPSA) is 134 Å². The lowest BCUT2D eigenvalue weighted by Crippen LogP contribution is -2.49. The van der Waals surface area contributed by atoms with Crippen LogP contribution in [0.2, 0.25) is 0 Å². The molecule has 1 atom stereocenters. The van der Waals surface area contributed by atoms with Gasteiger partial charge in [0.2, 0.25) is 18.2 Å². The fourth-order valence-corrected chi connectivity index (χ4v) is 4.86. The molecule has 0 aliphatic carbocycles. The maximum atomic E-state index is 13.1. The molecule has 218 valence electrons. The number of rotatable bonds is 14. The van der Waals surface area contributed by atoms with Gasteiger partial charge in [0.05, 0.1) is 24.7 Å². The normalized spacial score (nSPS) is 13.0. The minimum absolute atomic E-state index is 0.0724. The van der Waals surface area contributed by atoms with Crippen molar-refractivity contribution in [1.82, 2.24) is 20.9 Å². The molecule has 1 aliphatic heterocycles. The van der Waals surface area contributed by atoms with Gasteiger partial charge in [0.15, 0.2) is 0 Å². The Labute approximate surface area is 244 Å². The third kappa shape index (κ3) is 7.27. The van der Waals surface area contributed by atoms with Crippen LogP contribution in [0, 0.1) is 0 Å². The molecule has 3 N–H and O–H groups in total. The molecule has 0 saturated heterocycles. The molecular formula is C32H34N4O6. The molecule has 3 aromatic rings. The zero-order valence-electron chi connectivity index (χ0n) is 23.6. The van der Waals surface area contributed by atoms with Crippen LogP contribution < -0.4 is 20.7 Å². The van der Waals surface area contributed by atoms with Gasteiger partial charge in [-0.1, -0.05) is 55.8 Å². The number of methoxy groups -OCH3 is 1. The van der Waals surface area contributed by atoms with E-state index in [4.69, 9.17) is 4.74 Å². The standard InChI is InChI=1S/C32H34N4O6/c1-3-5-28(30(39)35-20-37)36-31(40)26-13-12-24(15-27(26)32(36)41)18-33-17-21-8-10-22(11-9-21)19-34-29(38)16-23-6-4-7-25(14-23)42-2/h4,6-15,20,28,33H,3,5,16-19H2,1-2H3,(H,34,38)(H,35,37,39). The number of carbonyl (C=O) groups excluding carboxylic acids is 5. The molecule has 0 saturated carbocycles. The number of nitrogens with zero attached hydrogens (tertiary/aromatic N) is 1. The maximum absolute atomic E-state index is 13.1. The Balaban J connectivity index is 1.28. The van der Waals surface area contributed by atoms with Crippen LogP contribution in [-0.4, -0.2) is 48.1 Å². The minimum Gasteiger partial charge on any atom is -0.497 e. The molecule has 0 spiro atoms. The first-order chi connectivity index (χ1) is 20.3. The largest absolute Gasteiger partial charge is 0.497 e. The van der Waals surface area contributed by atoms with Gasteiger partial charge in [-0.3, -0.25) is 34.2 Å². The Morgan fingerprint density at radius 2 is 1.52 bits per heavy atom. The van der Waals surface area contributed by atoms with E-state index < -0.39 is 23.8 Å². The second-order valence-electron chi connectivity index (χ2n) is 10.0. The highest BCUT2D eigenvalue weighted by Gasteiger charge is 2.42. The summed E-state index contributed by atoms with van der Waals surface area (Å²) < 4.78 is 5.20. The van der Waals surface area contributed by atoms with E-state index in [0.29, 0.717) is 31.8 Å². The van der Waals surface area contributed by atoms with Crippen LogP contribution >= 0.6 is 0 Å². The second-order valence-corrected chi connectivity index (χ2v) is 10.0. The van der Waals surface area contributed by atoms with Crippen LogP contribution in [0.15, 0.2) is 66.7 Å². The number of hydrogen-bond acceptors (Lipinski definition) is 7. The van der Waals surface area contributed by atoms with Crippen molar-refractivity contribution in [3.8, 4) is 5.75 Å². The van der Waals surface area contributed by atoms with E-state index in [1.807, 2.05) is 55.5 Å². The molecule has 0 fully saturated rings. The summed E-state index contributed by atoms with van der Waals surface area (Å²) in [6, 6.07) is 19.3. The second kappa shape index (κ2) is 14.2. The SMILES string of the molecule is CCCC(C(=O)NC=O)N1C(=O)c2ccc(CNCc3ccc(CNC(=O)Cc4cccc(OC)c4)cc3)cc2C1=O. The van der Waals surface area contributed by atoms with Crippen molar-refractivity contribution in [3.05, 3.63) is 100 Å². The first kappa shape index (κ1) is 30.1. The summed E-state index contributed by atoms with van der Waals surface area (Å²) in [7, 11) is 1.59. The smallest absolute Gasteiger partial charge is 0.262 e. The van der Waals surface area contributed by atoms with Gasteiger partial charge >= 0.3 is 0 Å². The molecule has 10 nitrogen and oxygen atoms in total. The Kier molecular flexibility index (Phi) is 10.2. The van der Waals surface area contributed by atoms with Gasteiger partial charge in [-0.25, -0.2) is 0 Å². The Morgan fingerprint density at radius 1 is 0.857 bits per heavy atom. The lowest BCUT2D eigenvalue weighted by molar-refractivity contribution is -0.128. The van der Waals surface area contributed by atoms with E-state index in [9.17, 15) is 24.0 Å². The zero-order valence-corrected chi connectivity index (χ0v) is 23.6. The van der Waals surface area contributed by atoms with Crippen molar-refractivity contribution in [1.29, 1.82) is 0 Å². The van der Waals surface area contributed by atoms with Crippen molar-refractivity contribution >= 4 is 30.0 Å². The molecule has 42 heavy (non-hydrogen) atoms. The van der Waals surface area contributed by atoms with E-state index in [-0.39, 0.29) is 36.3 Å². The van der Waals surface area contributed by atoms with Gasteiger partial charge in [0, 0.05) is 19.6 Å². The van der Waals surface area contributed by atoms with Crippen molar-refractivity contribution in [2.45, 2.75) is 51.9 Å². The van der Waals surface area contributed by atoms with Crippen LogP contribution in [0.25, 0.3) is 0 Å². The number of carbonyl (C=O) groups is 5. The van der Waals surface area contributed by atoms with E-state index in [1.54, 1.807) is 25.3 Å². The summed E-state index contributed by atoms with van der Waals surface area (Å²) in [4.78, 5) is 62.5.